The van der Waals surface area contributed by atoms with Gasteiger partial charge in [-0.3, -0.25) is 9.81 Å². The minimum atomic E-state index is -4.06. The van der Waals surface area contributed by atoms with Crippen LogP contribution in [0.2, 0.25) is 0 Å². The molecular weight excluding hydrogens is 332 g/mol. The number of hydrogen-bond acceptors (Lipinski definition) is 5. The maximum atomic E-state index is 11.6. The zero-order valence-electron chi connectivity index (χ0n) is 14.9. The Labute approximate surface area is 146 Å². The maximum Gasteiger partial charge on any atom is 0.270 e. The van der Waals surface area contributed by atoms with Crippen molar-refractivity contribution in [1.82, 2.24) is 0 Å². The lowest BCUT2D eigenvalue weighted by Gasteiger charge is -2.11. The molecular formula is C17H34O6S. The van der Waals surface area contributed by atoms with E-state index in [0.29, 0.717) is 13.0 Å². The van der Waals surface area contributed by atoms with Gasteiger partial charge in [0.25, 0.3) is 10.1 Å². The number of unbranched alkanes of at least 4 members (excludes halogenated alkanes) is 8. The van der Waals surface area contributed by atoms with Crippen LogP contribution in [0.15, 0.2) is 0 Å². The Balaban J connectivity index is 2.20. The molecule has 0 aromatic carbocycles. The molecule has 6 nitrogen and oxygen atoms in total. The van der Waals surface area contributed by atoms with Gasteiger partial charge in [-0.25, -0.2) is 4.89 Å². The third-order valence-electron chi connectivity index (χ3n) is 4.69. The fraction of sp³-hybridized carbons (Fsp3) is 1.00. The summed E-state index contributed by atoms with van der Waals surface area (Å²) >= 11 is 0. The molecule has 0 bridgehead atoms. The second kappa shape index (κ2) is 12.2. The molecule has 1 heterocycles. The molecule has 0 aliphatic carbocycles. The Kier molecular flexibility index (Phi) is 11.1. The van der Waals surface area contributed by atoms with Crippen molar-refractivity contribution in [2.24, 2.45) is 0 Å². The Morgan fingerprint density at radius 3 is 2.29 bits per heavy atom. The first-order chi connectivity index (χ1) is 11.5. The lowest BCUT2D eigenvalue weighted by Crippen LogP contribution is -2.27. The zero-order chi connectivity index (χ0) is 17.8. The average Bonchev–Trinajstić information content (AvgIpc) is 3.27. The van der Waals surface area contributed by atoms with Crippen LogP contribution in [0.1, 0.15) is 84.0 Å². The van der Waals surface area contributed by atoms with E-state index in [2.05, 4.69) is 11.8 Å². The Morgan fingerprint density at radius 2 is 1.62 bits per heavy atom. The van der Waals surface area contributed by atoms with Crippen LogP contribution in [0.25, 0.3) is 0 Å². The van der Waals surface area contributed by atoms with Crippen LogP contribution in [0.4, 0.5) is 0 Å². The second-order valence-corrected chi connectivity index (χ2v) is 8.42. The Bertz CT molecular complexity index is 411. The quantitative estimate of drug-likeness (QED) is 0.140. The van der Waals surface area contributed by atoms with E-state index in [4.69, 9.17) is 9.99 Å². The monoisotopic (exact) mass is 366 g/mol. The van der Waals surface area contributed by atoms with E-state index < -0.39 is 15.4 Å². The third kappa shape index (κ3) is 9.32. The first kappa shape index (κ1) is 21.8. The summed E-state index contributed by atoms with van der Waals surface area (Å²) in [4.78, 5) is 4.00. The van der Waals surface area contributed by atoms with Gasteiger partial charge < -0.3 is 4.74 Å². The van der Waals surface area contributed by atoms with Gasteiger partial charge in [0.05, 0.1) is 12.7 Å². The molecule has 1 saturated heterocycles. The lowest BCUT2D eigenvalue weighted by atomic mass is 10.0. The van der Waals surface area contributed by atoms with Crippen LogP contribution in [0, 0.1) is 0 Å². The average molecular weight is 367 g/mol. The first-order valence-corrected chi connectivity index (χ1v) is 10.9. The van der Waals surface area contributed by atoms with Crippen molar-refractivity contribution in [3.63, 3.8) is 0 Å². The standard InChI is InChI=1S/C17H34O6S/c1-2-3-4-5-6-9-12-15-17(23-15)16(24(19,20)21)13-10-7-8-11-14-22-18/h15-18H,2-14H2,1H3,(H,19,20,21). The fourth-order valence-corrected chi connectivity index (χ4v) is 4.23. The Hall–Kier alpha value is -0.210. The summed E-state index contributed by atoms with van der Waals surface area (Å²) in [5.74, 6) is 0. The van der Waals surface area contributed by atoms with Crippen LogP contribution < -0.4 is 0 Å². The summed E-state index contributed by atoms with van der Waals surface area (Å²) in [5.41, 5.74) is 0. The molecule has 3 atom stereocenters. The van der Waals surface area contributed by atoms with Crippen molar-refractivity contribution in [2.45, 2.75) is 101 Å². The Morgan fingerprint density at radius 1 is 1.00 bits per heavy atom. The number of rotatable bonds is 16. The normalized spacial score (nSPS) is 21.8. The van der Waals surface area contributed by atoms with Crippen LogP contribution in [-0.2, 0) is 19.7 Å². The molecule has 144 valence electrons. The van der Waals surface area contributed by atoms with Gasteiger partial charge in [-0.2, -0.15) is 8.42 Å². The molecule has 24 heavy (non-hydrogen) atoms. The SMILES string of the molecule is CCCCCCCCC1OC1C(CCCCCCOO)S(=O)(=O)O. The predicted octanol–water partition coefficient (Wildman–Crippen LogP) is 4.20. The van der Waals surface area contributed by atoms with Gasteiger partial charge in [0, 0.05) is 0 Å². The topological polar surface area (TPSA) is 96.4 Å². The van der Waals surface area contributed by atoms with Gasteiger partial charge in [-0.05, 0) is 19.3 Å². The lowest BCUT2D eigenvalue weighted by molar-refractivity contribution is -0.242. The van der Waals surface area contributed by atoms with Crippen LogP contribution in [0.5, 0.6) is 0 Å². The molecule has 3 unspecified atom stereocenters. The molecule has 0 saturated carbocycles. The minimum Gasteiger partial charge on any atom is -0.368 e. The highest BCUT2D eigenvalue weighted by atomic mass is 32.2. The molecule has 1 aliphatic rings. The molecule has 1 fully saturated rings. The predicted molar refractivity (Wildman–Crippen MR) is 93.7 cm³/mol. The molecule has 2 N–H and O–H groups in total. The summed E-state index contributed by atoms with van der Waals surface area (Å²) in [6, 6.07) is 0. The van der Waals surface area contributed by atoms with Crippen molar-refractivity contribution >= 4 is 10.1 Å². The summed E-state index contributed by atoms with van der Waals surface area (Å²) in [7, 11) is -4.06. The second-order valence-electron chi connectivity index (χ2n) is 6.79. The summed E-state index contributed by atoms with van der Waals surface area (Å²) in [5, 5.41) is 7.44. The molecule has 1 rings (SSSR count). The fourth-order valence-electron chi connectivity index (χ4n) is 3.19. The highest BCUT2D eigenvalue weighted by Gasteiger charge is 2.48. The minimum absolute atomic E-state index is 0.00844. The molecule has 1 aliphatic heterocycles. The smallest absolute Gasteiger partial charge is 0.270 e. The third-order valence-corrected chi connectivity index (χ3v) is 5.96. The van der Waals surface area contributed by atoms with Crippen molar-refractivity contribution in [3.8, 4) is 0 Å². The van der Waals surface area contributed by atoms with Crippen molar-refractivity contribution < 1.29 is 27.9 Å². The summed E-state index contributed by atoms with van der Waals surface area (Å²) in [6.45, 7) is 2.49. The molecule has 0 spiro atoms. The van der Waals surface area contributed by atoms with E-state index in [1.807, 2.05) is 0 Å². The van der Waals surface area contributed by atoms with Crippen LogP contribution in [-0.4, -0.2) is 42.3 Å². The van der Waals surface area contributed by atoms with E-state index in [1.54, 1.807) is 0 Å². The van der Waals surface area contributed by atoms with Crippen LogP contribution in [0.3, 0.4) is 0 Å². The van der Waals surface area contributed by atoms with E-state index >= 15 is 0 Å². The molecule has 0 amide bonds. The molecule has 0 aromatic rings. The highest BCUT2D eigenvalue weighted by molar-refractivity contribution is 7.86. The van der Waals surface area contributed by atoms with Gasteiger partial charge in [0.2, 0.25) is 0 Å². The summed E-state index contributed by atoms with van der Waals surface area (Å²) in [6.07, 6.45) is 11.4. The van der Waals surface area contributed by atoms with E-state index in [-0.39, 0.29) is 12.2 Å². The maximum absolute atomic E-state index is 11.6. The largest absolute Gasteiger partial charge is 0.368 e. The van der Waals surface area contributed by atoms with Gasteiger partial charge in [-0.1, -0.05) is 64.7 Å². The van der Waals surface area contributed by atoms with E-state index in [1.165, 1.54) is 25.7 Å². The highest BCUT2D eigenvalue weighted by Crippen LogP contribution is 2.35. The van der Waals surface area contributed by atoms with Gasteiger partial charge >= 0.3 is 0 Å². The molecule has 0 aromatic heterocycles. The van der Waals surface area contributed by atoms with Crippen LogP contribution >= 0.6 is 0 Å². The van der Waals surface area contributed by atoms with Crippen molar-refractivity contribution in [2.75, 3.05) is 6.61 Å². The summed E-state index contributed by atoms with van der Waals surface area (Å²) < 4.78 is 38.2. The number of ether oxygens (including phenoxy) is 1. The van der Waals surface area contributed by atoms with E-state index in [0.717, 1.165) is 44.9 Å². The van der Waals surface area contributed by atoms with Crippen molar-refractivity contribution in [1.29, 1.82) is 0 Å². The number of epoxide rings is 1. The van der Waals surface area contributed by atoms with E-state index in [9.17, 15) is 13.0 Å². The number of hydrogen-bond donors (Lipinski definition) is 2. The van der Waals surface area contributed by atoms with Crippen molar-refractivity contribution in [3.05, 3.63) is 0 Å². The first-order valence-electron chi connectivity index (χ1n) is 9.38. The molecule has 7 heteroatoms. The van der Waals surface area contributed by atoms with Gasteiger partial charge in [0.1, 0.15) is 11.4 Å². The zero-order valence-corrected chi connectivity index (χ0v) is 15.7. The van der Waals surface area contributed by atoms with Gasteiger partial charge in [-0.15, -0.1) is 0 Å². The van der Waals surface area contributed by atoms with Gasteiger partial charge in [0.15, 0.2) is 0 Å². The molecule has 0 radical (unpaired) electrons.